The average molecular weight is 257 g/mol. The van der Waals surface area contributed by atoms with Crippen molar-refractivity contribution in [3.8, 4) is 11.5 Å². The summed E-state index contributed by atoms with van der Waals surface area (Å²) in [5.74, 6) is 1.05. The maximum atomic E-state index is 11.2. The van der Waals surface area contributed by atoms with Gasteiger partial charge in [-0.3, -0.25) is 4.79 Å². The second kappa shape index (κ2) is 5.91. The molecule has 4 nitrogen and oxygen atoms in total. The number of amides is 1. The van der Waals surface area contributed by atoms with Gasteiger partial charge >= 0.3 is 0 Å². The summed E-state index contributed by atoms with van der Waals surface area (Å²) >= 11 is 0. The van der Waals surface area contributed by atoms with Gasteiger partial charge in [0.1, 0.15) is 0 Å². The van der Waals surface area contributed by atoms with E-state index in [1.54, 1.807) is 19.2 Å². The highest BCUT2D eigenvalue weighted by Crippen LogP contribution is 2.27. The van der Waals surface area contributed by atoms with Crippen LogP contribution in [0.3, 0.4) is 0 Å². The van der Waals surface area contributed by atoms with Crippen molar-refractivity contribution in [3.05, 3.63) is 54.1 Å². The summed E-state index contributed by atoms with van der Waals surface area (Å²) in [5.41, 5.74) is 1.78. The van der Waals surface area contributed by atoms with Gasteiger partial charge in [-0.2, -0.15) is 0 Å². The monoisotopic (exact) mass is 257 g/mol. The van der Waals surface area contributed by atoms with Crippen LogP contribution in [0.15, 0.2) is 48.5 Å². The standard InChI is InChI=1S/C15H15NO3/c1-12-7-9-13(10-8-12)16(11-17)19-15-6-4-3-5-14(15)18-2/h3-11H,1-2H3. The van der Waals surface area contributed by atoms with Gasteiger partial charge in [-0.15, -0.1) is 5.06 Å². The van der Waals surface area contributed by atoms with Crippen molar-refractivity contribution < 1.29 is 14.4 Å². The Bertz CT molecular complexity index is 552. The minimum absolute atomic E-state index is 0.484. The Labute approximate surface area is 112 Å². The molecule has 0 atom stereocenters. The molecule has 0 aliphatic heterocycles. The number of methoxy groups -OCH3 is 1. The van der Waals surface area contributed by atoms with Crippen LogP contribution in [0.25, 0.3) is 0 Å². The predicted octanol–water partition coefficient (Wildman–Crippen LogP) is 2.96. The van der Waals surface area contributed by atoms with Gasteiger partial charge in [-0.05, 0) is 31.2 Å². The number of hydrogen-bond donors (Lipinski definition) is 0. The zero-order chi connectivity index (χ0) is 13.7. The minimum atomic E-state index is 0.484. The maximum absolute atomic E-state index is 11.2. The highest BCUT2D eigenvalue weighted by molar-refractivity contribution is 5.73. The van der Waals surface area contributed by atoms with E-state index < -0.39 is 0 Å². The molecule has 0 fully saturated rings. The van der Waals surface area contributed by atoms with E-state index in [4.69, 9.17) is 9.57 Å². The van der Waals surface area contributed by atoms with Crippen LogP contribution in [-0.2, 0) is 4.79 Å². The van der Waals surface area contributed by atoms with Crippen LogP contribution in [0.4, 0.5) is 5.69 Å². The van der Waals surface area contributed by atoms with Gasteiger partial charge < -0.3 is 9.57 Å². The molecule has 0 bridgehead atoms. The highest BCUT2D eigenvalue weighted by Gasteiger charge is 2.10. The van der Waals surface area contributed by atoms with E-state index in [1.807, 2.05) is 43.3 Å². The fraction of sp³-hybridized carbons (Fsp3) is 0.133. The summed E-state index contributed by atoms with van der Waals surface area (Å²) in [5, 5.41) is 1.16. The Morgan fingerprint density at radius 1 is 1.00 bits per heavy atom. The Hall–Kier alpha value is -2.49. The molecule has 0 saturated heterocycles. The molecule has 0 spiro atoms. The second-order valence-electron chi connectivity index (χ2n) is 4.01. The van der Waals surface area contributed by atoms with Crippen molar-refractivity contribution in [1.29, 1.82) is 0 Å². The topological polar surface area (TPSA) is 38.8 Å². The Morgan fingerprint density at radius 3 is 2.21 bits per heavy atom. The summed E-state index contributed by atoms with van der Waals surface area (Å²) < 4.78 is 5.18. The largest absolute Gasteiger partial charge is 0.493 e. The predicted molar refractivity (Wildman–Crippen MR) is 73.3 cm³/mol. The van der Waals surface area contributed by atoms with E-state index >= 15 is 0 Å². The number of anilines is 1. The maximum Gasteiger partial charge on any atom is 0.247 e. The SMILES string of the molecule is COc1ccccc1ON(C=O)c1ccc(C)cc1. The fourth-order valence-corrected chi connectivity index (χ4v) is 1.63. The molecule has 98 valence electrons. The third-order valence-electron chi connectivity index (χ3n) is 2.65. The van der Waals surface area contributed by atoms with Gasteiger partial charge in [0.25, 0.3) is 0 Å². The van der Waals surface area contributed by atoms with Crippen molar-refractivity contribution in [2.75, 3.05) is 12.2 Å². The fourth-order valence-electron chi connectivity index (χ4n) is 1.63. The van der Waals surface area contributed by atoms with Gasteiger partial charge in [-0.25, -0.2) is 0 Å². The molecule has 0 N–H and O–H groups in total. The molecule has 0 saturated carbocycles. The van der Waals surface area contributed by atoms with E-state index in [-0.39, 0.29) is 0 Å². The van der Waals surface area contributed by atoms with E-state index in [2.05, 4.69) is 0 Å². The lowest BCUT2D eigenvalue weighted by atomic mass is 10.2. The molecule has 0 radical (unpaired) electrons. The lowest BCUT2D eigenvalue weighted by Crippen LogP contribution is -2.25. The molecule has 0 aliphatic carbocycles. The molecule has 0 heterocycles. The number of benzene rings is 2. The third-order valence-corrected chi connectivity index (χ3v) is 2.65. The summed E-state index contributed by atoms with van der Waals surface area (Å²) in [7, 11) is 1.55. The first-order valence-corrected chi connectivity index (χ1v) is 5.87. The van der Waals surface area contributed by atoms with Crippen LogP contribution in [-0.4, -0.2) is 13.5 Å². The average Bonchev–Trinajstić information content (AvgIpc) is 2.46. The number of rotatable bonds is 5. The molecule has 19 heavy (non-hydrogen) atoms. The van der Waals surface area contributed by atoms with E-state index in [0.717, 1.165) is 10.6 Å². The highest BCUT2D eigenvalue weighted by atomic mass is 16.7. The zero-order valence-corrected chi connectivity index (χ0v) is 10.9. The molecule has 0 aromatic heterocycles. The molecule has 2 aromatic carbocycles. The number of carbonyl (C=O) groups excluding carboxylic acids is 1. The number of hydrogen-bond acceptors (Lipinski definition) is 3. The summed E-state index contributed by atoms with van der Waals surface area (Å²) in [6.07, 6.45) is 0.622. The quantitative estimate of drug-likeness (QED) is 0.610. The number of hydroxylamine groups is 1. The van der Waals surface area contributed by atoms with Crippen LogP contribution >= 0.6 is 0 Å². The van der Waals surface area contributed by atoms with Crippen LogP contribution in [0.1, 0.15) is 5.56 Å². The molecule has 4 heteroatoms. The molecule has 1 amide bonds. The number of nitrogens with zero attached hydrogens (tertiary/aromatic N) is 1. The van der Waals surface area contributed by atoms with Crippen molar-refractivity contribution in [3.63, 3.8) is 0 Å². The number of aryl methyl sites for hydroxylation is 1. The van der Waals surface area contributed by atoms with Gasteiger partial charge in [0, 0.05) is 0 Å². The summed E-state index contributed by atoms with van der Waals surface area (Å²) in [4.78, 5) is 16.7. The van der Waals surface area contributed by atoms with Crippen molar-refractivity contribution in [2.45, 2.75) is 6.92 Å². The van der Waals surface area contributed by atoms with Crippen molar-refractivity contribution in [1.82, 2.24) is 0 Å². The lowest BCUT2D eigenvalue weighted by Gasteiger charge is -2.19. The van der Waals surface area contributed by atoms with E-state index in [0.29, 0.717) is 23.6 Å². The van der Waals surface area contributed by atoms with Crippen molar-refractivity contribution >= 4 is 12.1 Å². The van der Waals surface area contributed by atoms with Gasteiger partial charge in [0.05, 0.1) is 12.8 Å². The Balaban J connectivity index is 2.24. The normalized spacial score (nSPS) is 9.79. The minimum Gasteiger partial charge on any atom is -0.493 e. The summed E-state index contributed by atoms with van der Waals surface area (Å²) in [6.45, 7) is 1.98. The van der Waals surface area contributed by atoms with Crippen molar-refractivity contribution in [2.24, 2.45) is 0 Å². The number of carbonyl (C=O) groups is 1. The molecule has 0 aliphatic rings. The first-order valence-electron chi connectivity index (χ1n) is 5.87. The van der Waals surface area contributed by atoms with Crippen LogP contribution in [0, 0.1) is 6.92 Å². The van der Waals surface area contributed by atoms with Gasteiger partial charge in [0.15, 0.2) is 11.5 Å². The lowest BCUT2D eigenvalue weighted by molar-refractivity contribution is -0.111. The number of para-hydroxylation sites is 2. The van der Waals surface area contributed by atoms with Crippen LogP contribution in [0.5, 0.6) is 11.5 Å². The van der Waals surface area contributed by atoms with E-state index in [1.165, 1.54) is 0 Å². The first-order chi connectivity index (χ1) is 9.24. The van der Waals surface area contributed by atoms with Crippen LogP contribution < -0.4 is 14.6 Å². The molecule has 2 rings (SSSR count). The Kier molecular flexibility index (Phi) is 4.03. The first kappa shape index (κ1) is 13.0. The molecular weight excluding hydrogens is 242 g/mol. The zero-order valence-electron chi connectivity index (χ0n) is 10.9. The van der Waals surface area contributed by atoms with Gasteiger partial charge in [0.2, 0.25) is 6.41 Å². The van der Waals surface area contributed by atoms with E-state index in [9.17, 15) is 4.79 Å². The molecule has 0 unspecified atom stereocenters. The molecular formula is C15H15NO3. The smallest absolute Gasteiger partial charge is 0.247 e. The second-order valence-corrected chi connectivity index (χ2v) is 4.01. The van der Waals surface area contributed by atoms with Crippen LogP contribution in [0.2, 0.25) is 0 Å². The summed E-state index contributed by atoms with van der Waals surface area (Å²) in [6, 6.07) is 14.6. The number of ether oxygens (including phenoxy) is 1. The molecule has 2 aromatic rings. The third kappa shape index (κ3) is 3.04. The Morgan fingerprint density at radius 2 is 1.63 bits per heavy atom. The van der Waals surface area contributed by atoms with Gasteiger partial charge in [-0.1, -0.05) is 29.8 Å².